The smallest absolute Gasteiger partial charge is 0.464 e. The number of hydrogen-bond donors (Lipinski definition) is 0. The van der Waals surface area contributed by atoms with Crippen LogP contribution in [-0.4, -0.2) is 55.6 Å². The van der Waals surface area contributed by atoms with E-state index in [-0.39, 0.29) is 32.7 Å². The molecule has 186 valence electrons. The molecule has 9 nitrogen and oxygen atoms in total. The van der Waals surface area contributed by atoms with Crippen molar-refractivity contribution in [1.29, 1.82) is 0 Å². The zero-order chi connectivity index (χ0) is 24.8. The molecule has 1 unspecified atom stereocenters. The molecule has 0 aromatic carbocycles. The Morgan fingerprint density at radius 2 is 1.28 bits per heavy atom. The minimum absolute atomic E-state index is 0.000881. The minimum atomic E-state index is -2.22. The molecule has 0 amide bonds. The van der Waals surface area contributed by atoms with Gasteiger partial charge in [-0.3, -0.25) is 14.4 Å². The van der Waals surface area contributed by atoms with E-state index in [4.69, 9.17) is 23.7 Å². The van der Waals surface area contributed by atoms with Gasteiger partial charge in [-0.15, -0.1) is 0 Å². The molecule has 0 spiro atoms. The summed E-state index contributed by atoms with van der Waals surface area (Å²) >= 11 is 0. The van der Waals surface area contributed by atoms with Crippen molar-refractivity contribution in [3.05, 3.63) is 0 Å². The van der Waals surface area contributed by atoms with Crippen LogP contribution in [-0.2, 0) is 38.1 Å². The van der Waals surface area contributed by atoms with Gasteiger partial charge in [-0.1, -0.05) is 20.3 Å². The molecule has 0 fully saturated rings. The number of esters is 3. The van der Waals surface area contributed by atoms with Gasteiger partial charge in [0.05, 0.1) is 25.9 Å². The summed E-state index contributed by atoms with van der Waals surface area (Å²) in [5.74, 6) is -2.96. The first-order chi connectivity index (χ1) is 14.9. The van der Waals surface area contributed by atoms with Gasteiger partial charge in [0.25, 0.3) is 5.41 Å². The van der Waals surface area contributed by atoms with Gasteiger partial charge in [-0.05, 0) is 66.7 Å². The molecule has 0 aromatic rings. The molecular weight excluding hydrogens is 420 g/mol. The van der Waals surface area contributed by atoms with E-state index in [1.807, 2.05) is 6.92 Å². The third kappa shape index (κ3) is 10.8. The highest BCUT2D eigenvalue weighted by molar-refractivity contribution is 6.17. The zero-order valence-corrected chi connectivity index (χ0v) is 20.6. The lowest BCUT2D eigenvalue weighted by atomic mass is 9.82. The Kier molecular flexibility index (Phi) is 13.6. The average molecular weight is 461 g/mol. The van der Waals surface area contributed by atoms with Crippen molar-refractivity contribution in [3.8, 4) is 0 Å². The summed E-state index contributed by atoms with van der Waals surface area (Å²) in [5, 5.41) is 0. The number of carbonyl (C=O) groups is 4. The highest BCUT2D eigenvalue weighted by Crippen LogP contribution is 2.32. The number of ether oxygens (including phenoxy) is 5. The molecular formula is C23H40O9. The molecule has 0 rings (SSSR count). The van der Waals surface area contributed by atoms with Crippen molar-refractivity contribution in [2.45, 2.75) is 98.7 Å². The van der Waals surface area contributed by atoms with Crippen LogP contribution in [0.25, 0.3) is 0 Å². The molecule has 0 aliphatic carbocycles. The van der Waals surface area contributed by atoms with Gasteiger partial charge in [0, 0.05) is 0 Å². The maximum absolute atomic E-state index is 13.0. The van der Waals surface area contributed by atoms with Crippen LogP contribution in [0.1, 0.15) is 87.0 Å². The van der Waals surface area contributed by atoms with Gasteiger partial charge in [0.1, 0.15) is 5.60 Å². The van der Waals surface area contributed by atoms with E-state index in [1.54, 1.807) is 41.5 Å². The van der Waals surface area contributed by atoms with Crippen molar-refractivity contribution in [2.24, 2.45) is 5.41 Å². The van der Waals surface area contributed by atoms with E-state index in [9.17, 15) is 19.2 Å². The van der Waals surface area contributed by atoms with Gasteiger partial charge in [-0.25, -0.2) is 4.79 Å². The van der Waals surface area contributed by atoms with Crippen molar-refractivity contribution in [2.75, 3.05) is 19.8 Å². The van der Waals surface area contributed by atoms with Crippen LogP contribution in [0.2, 0.25) is 0 Å². The Bertz CT molecular complexity index is 607. The maximum atomic E-state index is 13.0. The Morgan fingerprint density at radius 1 is 0.719 bits per heavy atom. The third-order valence-electron chi connectivity index (χ3n) is 4.11. The Labute approximate surface area is 191 Å². The standard InChI is InChI=1S/C23H40O9/c1-8-10-15-29-19(25)23(18(24)28-14-9-2,20(26)31-17(3)4)13-11-12-16-30-21(27)32-22(5,6)7/h17H,8-16H2,1-7H3. The van der Waals surface area contributed by atoms with Crippen molar-refractivity contribution >= 4 is 24.1 Å². The van der Waals surface area contributed by atoms with Crippen molar-refractivity contribution in [1.82, 2.24) is 0 Å². The molecule has 0 radical (unpaired) electrons. The molecule has 0 saturated heterocycles. The second-order valence-corrected chi connectivity index (χ2v) is 8.75. The lowest BCUT2D eigenvalue weighted by molar-refractivity contribution is -0.187. The largest absolute Gasteiger partial charge is 0.508 e. The van der Waals surface area contributed by atoms with Gasteiger partial charge >= 0.3 is 24.1 Å². The first-order valence-electron chi connectivity index (χ1n) is 11.3. The monoisotopic (exact) mass is 460 g/mol. The van der Waals surface area contributed by atoms with E-state index in [2.05, 4.69) is 0 Å². The highest BCUT2D eigenvalue weighted by Gasteiger charge is 2.57. The van der Waals surface area contributed by atoms with Crippen LogP contribution in [0.3, 0.4) is 0 Å². The normalized spacial score (nSPS) is 13.1. The first-order valence-corrected chi connectivity index (χ1v) is 11.3. The van der Waals surface area contributed by atoms with Crippen molar-refractivity contribution in [3.63, 3.8) is 0 Å². The average Bonchev–Trinajstić information content (AvgIpc) is 2.67. The molecule has 0 aromatic heterocycles. The molecule has 1 atom stereocenters. The molecule has 0 heterocycles. The van der Waals surface area contributed by atoms with Crippen LogP contribution in [0.4, 0.5) is 4.79 Å². The van der Waals surface area contributed by atoms with Crippen LogP contribution in [0.5, 0.6) is 0 Å². The fraction of sp³-hybridized carbons (Fsp3) is 0.826. The molecule has 9 heteroatoms. The highest BCUT2D eigenvalue weighted by atomic mass is 16.7. The SMILES string of the molecule is CCCCOC(=O)C(CCCCOC(=O)OC(C)(C)C)(C(=O)OCCC)C(=O)OC(C)C. The number of carbonyl (C=O) groups excluding carboxylic acids is 4. The summed E-state index contributed by atoms with van der Waals surface area (Å²) in [5.41, 5.74) is -2.91. The number of rotatable bonds is 14. The summed E-state index contributed by atoms with van der Waals surface area (Å²) in [6, 6.07) is 0. The summed E-state index contributed by atoms with van der Waals surface area (Å²) in [6.07, 6.45) is 0.844. The molecule has 0 saturated carbocycles. The van der Waals surface area contributed by atoms with E-state index < -0.39 is 41.2 Å². The zero-order valence-electron chi connectivity index (χ0n) is 20.6. The van der Waals surface area contributed by atoms with Gasteiger partial charge in [-0.2, -0.15) is 0 Å². The van der Waals surface area contributed by atoms with E-state index in [1.165, 1.54) is 0 Å². The predicted octanol–water partition coefficient (Wildman–Crippen LogP) is 4.34. The van der Waals surface area contributed by atoms with Crippen LogP contribution >= 0.6 is 0 Å². The second kappa shape index (κ2) is 14.7. The maximum Gasteiger partial charge on any atom is 0.508 e. The summed E-state index contributed by atoms with van der Waals surface area (Å²) < 4.78 is 25.8. The number of unbranched alkanes of at least 4 members (excludes halogenated alkanes) is 2. The third-order valence-corrected chi connectivity index (χ3v) is 4.11. The van der Waals surface area contributed by atoms with Gasteiger partial charge in [0.2, 0.25) is 0 Å². The number of hydrogen-bond acceptors (Lipinski definition) is 9. The van der Waals surface area contributed by atoms with Crippen LogP contribution in [0.15, 0.2) is 0 Å². The fourth-order valence-corrected chi connectivity index (χ4v) is 2.55. The van der Waals surface area contributed by atoms with Crippen molar-refractivity contribution < 1.29 is 42.9 Å². The Hall–Kier alpha value is -2.32. The van der Waals surface area contributed by atoms with Crippen LogP contribution < -0.4 is 0 Å². The minimum Gasteiger partial charge on any atom is -0.464 e. The molecule has 0 bridgehead atoms. The summed E-state index contributed by atoms with van der Waals surface area (Å²) in [4.78, 5) is 50.5. The molecule has 0 aliphatic rings. The molecule has 32 heavy (non-hydrogen) atoms. The van der Waals surface area contributed by atoms with Crippen LogP contribution in [0, 0.1) is 5.41 Å². The predicted molar refractivity (Wildman–Crippen MR) is 117 cm³/mol. The lowest BCUT2D eigenvalue weighted by Crippen LogP contribution is -2.50. The van der Waals surface area contributed by atoms with Gasteiger partial charge in [0.15, 0.2) is 0 Å². The molecule has 0 N–H and O–H groups in total. The molecule has 0 aliphatic heterocycles. The van der Waals surface area contributed by atoms with E-state index in [0.717, 1.165) is 6.42 Å². The second-order valence-electron chi connectivity index (χ2n) is 8.75. The summed E-state index contributed by atoms with van der Waals surface area (Å²) in [6.45, 7) is 12.3. The topological polar surface area (TPSA) is 114 Å². The Morgan fingerprint density at radius 3 is 1.78 bits per heavy atom. The van der Waals surface area contributed by atoms with Gasteiger partial charge < -0.3 is 23.7 Å². The lowest BCUT2D eigenvalue weighted by Gasteiger charge is -2.28. The van der Waals surface area contributed by atoms with E-state index in [0.29, 0.717) is 19.3 Å². The summed E-state index contributed by atoms with van der Waals surface area (Å²) in [7, 11) is 0. The van der Waals surface area contributed by atoms with E-state index >= 15 is 0 Å². The first kappa shape index (κ1) is 29.7. The Balaban J connectivity index is 5.41. The quantitative estimate of drug-likeness (QED) is 0.161. The fourth-order valence-electron chi connectivity index (χ4n) is 2.55.